The van der Waals surface area contributed by atoms with Crippen molar-refractivity contribution in [3.05, 3.63) is 10.6 Å². The monoisotopic (exact) mass is 285 g/mol. The fraction of sp³-hybridized carbons (Fsp3) is 0.455. The number of thiazole rings is 1. The Hall–Kier alpha value is -1.96. The smallest absolute Gasteiger partial charge is 0.356 e. The maximum atomic E-state index is 11.7. The molecule has 0 spiro atoms. The van der Waals surface area contributed by atoms with Gasteiger partial charge in [-0.15, -0.1) is 0 Å². The summed E-state index contributed by atoms with van der Waals surface area (Å²) in [5.41, 5.74) is -0.287. The average molecular weight is 285 g/mol. The lowest BCUT2D eigenvalue weighted by molar-refractivity contribution is -0.129. The lowest BCUT2D eigenvalue weighted by atomic mass is 10.3. The van der Waals surface area contributed by atoms with Crippen LogP contribution in [0, 0.1) is 0 Å². The molecule has 1 aromatic rings. The molecule has 0 saturated heterocycles. The molecule has 2 N–H and O–H groups in total. The van der Waals surface area contributed by atoms with Crippen molar-refractivity contribution in [2.45, 2.75) is 19.9 Å². The van der Waals surface area contributed by atoms with Gasteiger partial charge in [-0.25, -0.2) is 9.78 Å². The topological polar surface area (TPSA) is 99.6 Å². The van der Waals surface area contributed by atoms with Crippen molar-refractivity contribution in [1.29, 1.82) is 0 Å². The van der Waals surface area contributed by atoms with Crippen molar-refractivity contribution in [2.75, 3.05) is 19.4 Å². The zero-order valence-corrected chi connectivity index (χ0v) is 11.9. The zero-order chi connectivity index (χ0) is 14.7. The number of likely N-dealkylation sites (N-methyl/N-ethyl adjacent to an activating group) is 1. The van der Waals surface area contributed by atoms with Crippen LogP contribution in [-0.2, 0) is 4.79 Å². The third-order valence-electron chi connectivity index (χ3n) is 2.30. The first-order valence-electron chi connectivity index (χ1n) is 5.46. The molecule has 1 amide bonds. The Bertz CT molecular complexity index is 493. The molecule has 0 bridgehead atoms. The summed E-state index contributed by atoms with van der Waals surface area (Å²) in [4.78, 5) is 39.2. The van der Waals surface area contributed by atoms with E-state index in [0.717, 1.165) is 11.3 Å². The molecule has 0 aliphatic rings. The first-order valence-corrected chi connectivity index (χ1v) is 6.28. The van der Waals surface area contributed by atoms with E-state index < -0.39 is 12.0 Å². The van der Waals surface area contributed by atoms with Crippen LogP contribution in [0.1, 0.15) is 34.0 Å². The van der Waals surface area contributed by atoms with Gasteiger partial charge < -0.3 is 15.3 Å². The highest BCUT2D eigenvalue weighted by atomic mass is 32.1. The highest BCUT2D eigenvalue weighted by Crippen LogP contribution is 2.24. The van der Waals surface area contributed by atoms with Gasteiger partial charge in [0.2, 0.25) is 5.91 Å². The van der Waals surface area contributed by atoms with Crippen molar-refractivity contribution in [1.82, 2.24) is 9.88 Å². The van der Waals surface area contributed by atoms with Crippen molar-refractivity contribution in [2.24, 2.45) is 0 Å². The molecule has 1 rings (SSSR count). The van der Waals surface area contributed by atoms with Crippen molar-refractivity contribution in [3.8, 4) is 0 Å². The second kappa shape index (κ2) is 5.79. The van der Waals surface area contributed by atoms with Gasteiger partial charge in [-0.2, -0.15) is 0 Å². The molecule has 1 heterocycles. The van der Waals surface area contributed by atoms with Gasteiger partial charge in [0.05, 0.1) is 0 Å². The van der Waals surface area contributed by atoms with Gasteiger partial charge in [0.15, 0.2) is 16.6 Å². The van der Waals surface area contributed by atoms with Crippen LogP contribution in [0.25, 0.3) is 0 Å². The summed E-state index contributed by atoms with van der Waals surface area (Å²) in [6, 6.07) is -0.553. The number of aromatic nitrogens is 1. The molecule has 1 atom stereocenters. The number of carbonyl (C=O) groups excluding carboxylic acids is 2. The Labute approximate surface area is 114 Å². The molecule has 0 aromatic carbocycles. The predicted octanol–water partition coefficient (Wildman–Crippen LogP) is 0.932. The van der Waals surface area contributed by atoms with E-state index in [4.69, 9.17) is 5.11 Å². The summed E-state index contributed by atoms with van der Waals surface area (Å²) < 4.78 is 0. The summed E-state index contributed by atoms with van der Waals surface area (Å²) in [6.45, 7) is 2.91. The quantitative estimate of drug-likeness (QED) is 0.781. The fourth-order valence-electron chi connectivity index (χ4n) is 1.40. The normalized spacial score (nSPS) is 11.8. The van der Waals surface area contributed by atoms with E-state index in [1.54, 1.807) is 21.0 Å². The third-order valence-corrected chi connectivity index (χ3v) is 3.39. The molecular formula is C11H15N3O4S. The second-order valence-corrected chi connectivity index (χ2v) is 5.16. The molecule has 0 aliphatic carbocycles. The van der Waals surface area contributed by atoms with Crippen molar-refractivity contribution >= 4 is 34.1 Å². The van der Waals surface area contributed by atoms with Gasteiger partial charge >= 0.3 is 5.97 Å². The Balaban J connectivity index is 2.97. The van der Waals surface area contributed by atoms with Crippen LogP contribution in [0.3, 0.4) is 0 Å². The van der Waals surface area contributed by atoms with Gasteiger partial charge in [0.1, 0.15) is 10.9 Å². The average Bonchev–Trinajstić information content (AvgIpc) is 2.71. The number of carbonyl (C=O) groups is 3. The number of aromatic carboxylic acids is 1. The minimum absolute atomic E-state index is 0.0690. The minimum Gasteiger partial charge on any atom is -0.476 e. The van der Waals surface area contributed by atoms with E-state index in [1.165, 1.54) is 11.8 Å². The Morgan fingerprint density at radius 1 is 1.37 bits per heavy atom. The zero-order valence-electron chi connectivity index (χ0n) is 11.1. The maximum Gasteiger partial charge on any atom is 0.356 e. The summed E-state index contributed by atoms with van der Waals surface area (Å²) in [6.07, 6.45) is 0. The predicted molar refractivity (Wildman–Crippen MR) is 70.9 cm³/mol. The summed E-state index contributed by atoms with van der Waals surface area (Å²) in [5, 5.41) is 12.0. The van der Waals surface area contributed by atoms with Crippen LogP contribution >= 0.6 is 11.3 Å². The summed E-state index contributed by atoms with van der Waals surface area (Å²) >= 11 is 0.930. The van der Waals surface area contributed by atoms with Gasteiger partial charge in [-0.05, 0) is 6.92 Å². The number of hydrogen-bond donors (Lipinski definition) is 2. The molecule has 8 heteroatoms. The van der Waals surface area contributed by atoms with Crippen LogP contribution in [0.15, 0.2) is 0 Å². The molecule has 0 fully saturated rings. The van der Waals surface area contributed by atoms with Gasteiger partial charge in [-0.3, -0.25) is 9.59 Å². The largest absolute Gasteiger partial charge is 0.476 e. The number of carboxylic acid groups (broad SMARTS) is 1. The Morgan fingerprint density at radius 3 is 2.32 bits per heavy atom. The van der Waals surface area contributed by atoms with Crippen molar-refractivity contribution < 1.29 is 19.5 Å². The molecule has 19 heavy (non-hydrogen) atoms. The second-order valence-electron chi connectivity index (χ2n) is 4.16. The molecule has 7 nitrogen and oxygen atoms in total. The number of anilines is 1. The third kappa shape index (κ3) is 3.50. The number of hydrogen-bond acceptors (Lipinski definition) is 6. The molecule has 1 unspecified atom stereocenters. The molecular weight excluding hydrogens is 270 g/mol. The molecule has 1 aromatic heterocycles. The van der Waals surface area contributed by atoms with E-state index in [1.807, 2.05) is 0 Å². The van der Waals surface area contributed by atoms with E-state index in [2.05, 4.69) is 10.3 Å². The highest BCUT2D eigenvalue weighted by molar-refractivity contribution is 7.17. The minimum atomic E-state index is -1.26. The van der Waals surface area contributed by atoms with E-state index >= 15 is 0 Å². The summed E-state index contributed by atoms with van der Waals surface area (Å²) in [5.74, 6) is -1.80. The van der Waals surface area contributed by atoms with Crippen LogP contribution in [0.5, 0.6) is 0 Å². The number of nitrogens with one attached hydrogen (secondary N) is 1. The molecule has 0 radical (unpaired) electrons. The molecule has 0 saturated carbocycles. The SMILES string of the molecule is CC(=O)c1sc(NC(C)C(=O)N(C)C)nc1C(=O)O. The van der Waals surface area contributed by atoms with Gasteiger partial charge in [0, 0.05) is 21.0 Å². The van der Waals surface area contributed by atoms with Crippen LogP contribution in [0.4, 0.5) is 5.13 Å². The van der Waals surface area contributed by atoms with Crippen LogP contribution in [0.2, 0.25) is 0 Å². The van der Waals surface area contributed by atoms with Crippen LogP contribution < -0.4 is 5.32 Å². The maximum absolute atomic E-state index is 11.7. The lowest BCUT2D eigenvalue weighted by Crippen LogP contribution is -2.36. The molecule has 104 valence electrons. The number of rotatable bonds is 5. The number of Topliss-reactive ketones (excluding diaryl/α,β-unsaturated/α-hetero) is 1. The number of carboxylic acids is 1. The first kappa shape index (κ1) is 15.1. The number of amides is 1. The highest BCUT2D eigenvalue weighted by Gasteiger charge is 2.22. The van der Waals surface area contributed by atoms with Gasteiger partial charge in [-0.1, -0.05) is 11.3 Å². The van der Waals surface area contributed by atoms with E-state index in [9.17, 15) is 14.4 Å². The lowest BCUT2D eigenvalue weighted by Gasteiger charge is -2.17. The molecule has 0 aliphatic heterocycles. The number of ketones is 1. The Morgan fingerprint density at radius 2 is 1.95 bits per heavy atom. The van der Waals surface area contributed by atoms with E-state index in [-0.39, 0.29) is 27.4 Å². The standard InChI is InChI=1S/C11H15N3O4S/c1-5(9(16)14(3)4)12-11-13-7(10(17)18)8(19-11)6(2)15/h5H,1-4H3,(H,12,13)(H,17,18). The van der Waals surface area contributed by atoms with Gasteiger partial charge in [0.25, 0.3) is 0 Å². The summed E-state index contributed by atoms with van der Waals surface area (Å²) in [7, 11) is 3.23. The number of nitrogens with zero attached hydrogens (tertiary/aromatic N) is 2. The Kier molecular flexibility index (Phi) is 4.60. The fourth-order valence-corrected chi connectivity index (χ4v) is 2.34. The first-order chi connectivity index (χ1) is 8.73. The van der Waals surface area contributed by atoms with Crippen molar-refractivity contribution in [3.63, 3.8) is 0 Å². The van der Waals surface area contributed by atoms with Crippen LogP contribution in [-0.4, -0.2) is 52.8 Å². The van der Waals surface area contributed by atoms with E-state index in [0.29, 0.717) is 0 Å².